The highest BCUT2D eigenvalue weighted by atomic mass is 15.2. The molecule has 3 N–H and O–H groups in total. The van der Waals surface area contributed by atoms with Crippen molar-refractivity contribution in [3.63, 3.8) is 0 Å². The number of aromatic nitrogens is 1. The zero-order valence-electron chi connectivity index (χ0n) is 6.91. The molecule has 12 heavy (non-hydrogen) atoms. The maximum absolute atomic E-state index is 5.23. The van der Waals surface area contributed by atoms with Gasteiger partial charge < -0.3 is 0 Å². The number of rotatable bonds is 2. The normalized spacial score (nSPS) is 12.1. The first-order valence-corrected chi connectivity index (χ1v) is 3.62. The molecule has 0 aromatic carbocycles. The van der Waals surface area contributed by atoms with Crippen molar-refractivity contribution in [3.8, 4) is 12.3 Å². The maximum atomic E-state index is 5.23. The van der Waals surface area contributed by atoms with Crippen molar-refractivity contribution >= 4 is 0 Å². The van der Waals surface area contributed by atoms with Gasteiger partial charge in [-0.05, 0) is 24.6 Å². The Labute approximate surface area is 72.0 Å². The summed E-state index contributed by atoms with van der Waals surface area (Å²) < 4.78 is 0. The standard InChI is InChI=1S/C9H11N3/c1-3-8(12-10)9-6-7(2)4-5-11-9/h1,4-6,8,12H,10H2,2H3. The highest BCUT2D eigenvalue weighted by Gasteiger charge is 2.05. The van der Waals surface area contributed by atoms with Gasteiger partial charge in [0.1, 0.15) is 6.04 Å². The van der Waals surface area contributed by atoms with Gasteiger partial charge in [0.15, 0.2) is 0 Å². The van der Waals surface area contributed by atoms with E-state index in [1.54, 1.807) is 6.20 Å². The Morgan fingerprint density at radius 3 is 3.00 bits per heavy atom. The average Bonchev–Trinajstić information content (AvgIpc) is 2.07. The molecule has 0 amide bonds. The molecule has 0 radical (unpaired) electrons. The molecule has 1 rings (SSSR count). The molecular formula is C9H11N3. The molecule has 0 aliphatic rings. The van der Waals surface area contributed by atoms with Crippen molar-refractivity contribution < 1.29 is 0 Å². The first kappa shape index (κ1) is 8.72. The third kappa shape index (κ3) is 1.82. The van der Waals surface area contributed by atoms with E-state index in [2.05, 4.69) is 16.3 Å². The van der Waals surface area contributed by atoms with Crippen LogP contribution in [0.4, 0.5) is 0 Å². The minimum Gasteiger partial charge on any atom is -0.270 e. The SMILES string of the molecule is C#CC(NN)c1cc(C)ccn1. The highest BCUT2D eigenvalue weighted by Crippen LogP contribution is 2.08. The number of nitrogens with two attached hydrogens (primary N) is 1. The number of hydrogen-bond donors (Lipinski definition) is 2. The summed E-state index contributed by atoms with van der Waals surface area (Å²) in [7, 11) is 0. The number of nitrogens with zero attached hydrogens (tertiary/aromatic N) is 1. The summed E-state index contributed by atoms with van der Waals surface area (Å²) >= 11 is 0. The lowest BCUT2D eigenvalue weighted by atomic mass is 10.1. The molecule has 1 aromatic heterocycles. The smallest absolute Gasteiger partial charge is 0.123 e. The molecule has 0 saturated carbocycles. The van der Waals surface area contributed by atoms with Gasteiger partial charge in [-0.2, -0.15) is 0 Å². The first-order valence-electron chi connectivity index (χ1n) is 3.62. The van der Waals surface area contributed by atoms with Crippen molar-refractivity contribution in [2.75, 3.05) is 0 Å². The summed E-state index contributed by atoms with van der Waals surface area (Å²) in [6.45, 7) is 1.98. The van der Waals surface area contributed by atoms with Crippen LogP contribution in [0.3, 0.4) is 0 Å². The van der Waals surface area contributed by atoms with Crippen LogP contribution >= 0.6 is 0 Å². The number of aryl methyl sites for hydroxylation is 1. The summed E-state index contributed by atoms with van der Waals surface area (Å²) in [5.74, 6) is 7.73. The average molecular weight is 161 g/mol. The molecule has 1 atom stereocenters. The van der Waals surface area contributed by atoms with E-state index in [9.17, 15) is 0 Å². The summed E-state index contributed by atoms with van der Waals surface area (Å²) in [6, 6.07) is 3.52. The monoisotopic (exact) mass is 161 g/mol. The predicted octanol–water partition coefficient (Wildman–Crippen LogP) is 0.528. The fourth-order valence-corrected chi connectivity index (χ4v) is 0.936. The van der Waals surface area contributed by atoms with Gasteiger partial charge in [-0.3, -0.25) is 10.8 Å². The van der Waals surface area contributed by atoms with Gasteiger partial charge in [0.25, 0.3) is 0 Å². The lowest BCUT2D eigenvalue weighted by Gasteiger charge is -2.07. The quantitative estimate of drug-likeness (QED) is 0.378. The van der Waals surface area contributed by atoms with Crippen LogP contribution in [0.1, 0.15) is 17.3 Å². The zero-order chi connectivity index (χ0) is 8.97. The van der Waals surface area contributed by atoms with Crippen LogP contribution < -0.4 is 11.3 Å². The summed E-state index contributed by atoms with van der Waals surface area (Å²) in [6.07, 6.45) is 6.95. The van der Waals surface area contributed by atoms with Gasteiger partial charge in [-0.1, -0.05) is 5.92 Å². The molecule has 0 saturated heterocycles. The van der Waals surface area contributed by atoms with Crippen molar-refractivity contribution in [1.29, 1.82) is 0 Å². The van der Waals surface area contributed by atoms with E-state index in [0.29, 0.717) is 0 Å². The molecule has 1 heterocycles. The maximum Gasteiger partial charge on any atom is 0.123 e. The number of hydrazine groups is 1. The van der Waals surface area contributed by atoms with Crippen LogP contribution in [-0.4, -0.2) is 4.98 Å². The summed E-state index contributed by atoms with van der Waals surface area (Å²) in [4.78, 5) is 4.10. The topological polar surface area (TPSA) is 50.9 Å². The van der Waals surface area contributed by atoms with Crippen molar-refractivity contribution in [1.82, 2.24) is 10.4 Å². The number of terminal acetylenes is 1. The van der Waals surface area contributed by atoms with Crippen LogP contribution in [0.25, 0.3) is 0 Å². The number of hydrogen-bond acceptors (Lipinski definition) is 3. The van der Waals surface area contributed by atoms with Gasteiger partial charge in [0, 0.05) is 6.20 Å². The molecule has 0 aliphatic heterocycles. The Morgan fingerprint density at radius 2 is 2.50 bits per heavy atom. The Balaban J connectivity index is 2.95. The molecule has 0 spiro atoms. The van der Waals surface area contributed by atoms with Gasteiger partial charge in [0.2, 0.25) is 0 Å². The number of pyridine rings is 1. The van der Waals surface area contributed by atoms with E-state index in [1.807, 2.05) is 19.1 Å². The molecule has 0 bridgehead atoms. The third-order valence-corrected chi connectivity index (χ3v) is 1.57. The fraction of sp³-hybridized carbons (Fsp3) is 0.222. The summed E-state index contributed by atoms with van der Waals surface area (Å²) in [5, 5.41) is 0. The Morgan fingerprint density at radius 1 is 1.75 bits per heavy atom. The van der Waals surface area contributed by atoms with E-state index in [0.717, 1.165) is 11.3 Å². The van der Waals surface area contributed by atoms with Crippen LogP contribution in [0, 0.1) is 19.3 Å². The molecule has 62 valence electrons. The molecular weight excluding hydrogens is 150 g/mol. The third-order valence-electron chi connectivity index (χ3n) is 1.57. The highest BCUT2D eigenvalue weighted by molar-refractivity contribution is 5.22. The first-order chi connectivity index (χ1) is 5.77. The predicted molar refractivity (Wildman–Crippen MR) is 47.9 cm³/mol. The molecule has 3 heteroatoms. The van der Waals surface area contributed by atoms with Gasteiger partial charge in [-0.15, -0.1) is 6.42 Å². The second-order valence-electron chi connectivity index (χ2n) is 2.52. The van der Waals surface area contributed by atoms with Gasteiger partial charge in [0.05, 0.1) is 5.69 Å². The molecule has 0 aliphatic carbocycles. The molecule has 1 aromatic rings. The second kappa shape index (κ2) is 3.86. The van der Waals surface area contributed by atoms with Crippen LogP contribution in [-0.2, 0) is 0 Å². The Kier molecular flexibility index (Phi) is 2.81. The van der Waals surface area contributed by atoms with E-state index in [1.165, 1.54) is 0 Å². The minimum absolute atomic E-state index is 0.301. The van der Waals surface area contributed by atoms with E-state index < -0.39 is 0 Å². The van der Waals surface area contributed by atoms with Crippen molar-refractivity contribution in [2.45, 2.75) is 13.0 Å². The van der Waals surface area contributed by atoms with E-state index in [4.69, 9.17) is 12.3 Å². The Hall–Kier alpha value is -1.37. The van der Waals surface area contributed by atoms with E-state index >= 15 is 0 Å². The number of nitrogens with one attached hydrogen (secondary N) is 1. The van der Waals surface area contributed by atoms with Crippen LogP contribution in [0.15, 0.2) is 18.3 Å². The summed E-state index contributed by atoms with van der Waals surface area (Å²) in [5.41, 5.74) is 4.40. The van der Waals surface area contributed by atoms with E-state index in [-0.39, 0.29) is 6.04 Å². The fourth-order valence-electron chi connectivity index (χ4n) is 0.936. The lowest BCUT2D eigenvalue weighted by molar-refractivity contribution is 0.656. The molecule has 1 unspecified atom stereocenters. The zero-order valence-corrected chi connectivity index (χ0v) is 6.91. The molecule has 0 fully saturated rings. The Bertz CT molecular complexity index is 301. The van der Waals surface area contributed by atoms with Crippen LogP contribution in [0.5, 0.6) is 0 Å². The van der Waals surface area contributed by atoms with Gasteiger partial charge >= 0.3 is 0 Å². The largest absolute Gasteiger partial charge is 0.270 e. The van der Waals surface area contributed by atoms with Crippen molar-refractivity contribution in [3.05, 3.63) is 29.6 Å². The van der Waals surface area contributed by atoms with Gasteiger partial charge in [-0.25, -0.2) is 5.43 Å². The van der Waals surface area contributed by atoms with Crippen molar-refractivity contribution in [2.24, 2.45) is 5.84 Å². The lowest BCUT2D eigenvalue weighted by Crippen LogP contribution is -2.27. The second-order valence-corrected chi connectivity index (χ2v) is 2.52. The minimum atomic E-state index is -0.301. The van der Waals surface area contributed by atoms with Crippen LogP contribution in [0.2, 0.25) is 0 Å². The molecule has 3 nitrogen and oxygen atoms in total.